The Kier molecular flexibility index (Phi) is 9.20. The summed E-state index contributed by atoms with van der Waals surface area (Å²) < 4.78 is 7.13. The summed E-state index contributed by atoms with van der Waals surface area (Å²) in [5, 5.41) is 16.5. The minimum Gasteiger partial charge on any atom is -0.483 e. The molecule has 154 valence electrons. The van der Waals surface area contributed by atoms with Crippen molar-refractivity contribution < 1.29 is 9.53 Å². The van der Waals surface area contributed by atoms with Crippen LogP contribution < -0.4 is 15.8 Å². The summed E-state index contributed by atoms with van der Waals surface area (Å²) in [4.78, 5) is 10.9. The topological polar surface area (TPSA) is 108 Å². The first-order valence-electron chi connectivity index (χ1n) is 8.50. The molecule has 3 aromatic rings. The van der Waals surface area contributed by atoms with Crippen molar-refractivity contribution in [3.63, 3.8) is 0 Å². The molecule has 0 unspecified atom stereocenters. The number of hydrogen-bond donors (Lipinski definition) is 2. The van der Waals surface area contributed by atoms with Crippen LogP contribution in [0.1, 0.15) is 5.56 Å². The number of nitrogens with one attached hydrogen (secondary N) is 1. The van der Waals surface area contributed by atoms with Gasteiger partial charge < -0.3 is 15.8 Å². The Hall–Kier alpha value is -2.33. The summed E-state index contributed by atoms with van der Waals surface area (Å²) in [5.74, 6) is 0.823. The Morgan fingerprint density at radius 1 is 1.24 bits per heavy atom. The van der Waals surface area contributed by atoms with Crippen LogP contribution in [0.2, 0.25) is 5.02 Å². The summed E-state index contributed by atoms with van der Waals surface area (Å²) in [7, 11) is 0. The first kappa shape index (κ1) is 23.0. The Labute approximate surface area is 183 Å². The highest BCUT2D eigenvalue weighted by Crippen LogP contribution is 2.23. The molecule has 0 spiro atoms. The molecule has 0 aliphatic rings. The van der Waals surface area contributed by atoms with Crippen molar-refractivity contribution in [2.24, 2.45) is 5.73 Å². The van der Waals surface area contributed by atoms with Crippen LogP contribution in [-0.4, -0.2) is 45.0 Å². The fourth-order valence-corrected chi connectivity index (χ4v) is 3.40. The maximum atomic E-state index is 10.9. The Morgan fingerprint density at radius 3 is 2.79 bits per heavy atom. The number of carbonyl (C=O) groups is 1. The van der Waals surface area contributed by atoms with Crippen LogP contribution in [0.5, 0.6) is 5.75 Å². The van der Waals surface area contributed by atoms with Gasteiger partial charge in [0.2, 0.25) is 5.16 Å². The molecule has 0 aliphatic carbocycles. The van der Waals surface area contributed by atoms with Crippen LogP contribution in [0, 0.1) is 0 Å². The average molecular weight is 455 g/mol. The second-order valence-corrected chi connectivity index (χ2v) is 7.24. The van der Waals surface area contributed by atoms with Crippen molar-refractivity contribution in [3.8, 4) is 11.4 Å². The lowest BCUT2D eigenvalue weighted by molar-refractivity contribution is -0.119. The molecule has 11 heteroatoms. The second kappa shape index (κ2) is 11.6. The highest BCUT2D eigenvalue weighted by atomic mass is 35.5. The zero-order valence-electron chi connectivity index (χ0n) is 15.3. The molecule has 8 nitrogen and oxygen atoms in total. The Balaban J connectivity index is 0.00000300. The van der Waals surface area contributed by atoms with Crippen molar-refractivity contribution in [3.05, 3.63) is 59.1 Å². The first-order chi connectivity index (χ1) is 13.6. The van der Waals surface area contributed by atoms with Crippen LogP contribution in [0.25, 0.3) is 5.69 Å². The van der Waals surface area contributed by atoms with Crippen LogP contribution in [-0.2, 0) is 11.3 Å². The zero-order valence-corrected chi connectivity index (χ0v) is 17.7. The fourth-order valence-electron chi connectivity index (χ4n) is 2.41. The van der Waals surface area contributed by atoms with E-state index in [2.05, 4.69) is 20.8 Å². The molecule has 1 heterocycles. The van der Waals surface area contributed by atoms with E-state index in [-0.39, 0.29) is 19.0 Å². The molecule has 0 bridgehead atoms. The highest BCUT2D eigenvalue weighted by Gasteiger charge is 2.09. The first-order valence-corrected chi connectivity index (χ1v) is 9.86. The van der Waals surface area contributed by atoms with E-state index in [0.717, 1.165) is 22.2 Å². The summed E-state index contributed by atoms with van der Waals surface area (Å²) >= 11 is 7.61. The minimum atomic E-state index is -0.526. The number of halogens is 2. The third-order valence-electron chi connectivity index (χ3n) is 3.66. The third-order valence-corrected chi connectivity index (χ3v) is 4.82. The summed E-state index contributed by atoms with van der Waals surface area (Å²) in [5.41, 5.74) is 6.90. The Bertz CT molecular complexity index is 926. The van der Waals surface area contributed by atoms with Crippen molar-refractivity contribution in [2.45, 2.75) is 11.7 Å². The SMILES string of the molecule is Cl.NC(=O)COc1ccc(Cl)cc1CNCCSc1nnnn1-c1ccccc1. The summed E-state index contributed by atoms with van der Waals surface area (Å²) in [6.45, 7) is 1.08. The van der Waals surface area contributed by atoms with E-state index < -0.39 is 5.91 Å². The number of ether oxygens (including phenoxy) is 1. The number of nitrogens with zero attached hydrogens (tertiary/aromatic N) is 4. The predicted molar refractivity (Wildman–Crippen MR) is 115 cm³/mol. The molecule has 0 fully saturated rings. The van der Waals surface area contributed by atoms with Gasteiger partial charge in [-0.25, -0.2) is 0 Å². The number of carbonyl (C=O) groups excluding carboxylic acids is 1. The number of benzene rings is 2. The lowest BCUT2D eigenvalue weighted by Gasteiger charge is -2.12. The molecule has 1 amide bonds. The van der Waals surface area contributed by atoms with Crippen LogP contribution in [0.15, 0.2) is 53.7 Å². The van der Waals surface area contributed by atoms with Crippen LogP contribution >= 0.6 is 35.8 Å². The molecule has 3 N–H and O–H groups in total. The number of primary amides is 1. The third kappa shape index (κ3) is 6.90. The highest BCUT2D eigenvalue weighted by molar-refractivity contribution is 7.99. The molecule has 0 aliphatic heterocycles. The molecular weight excluding hydrogens is 435 g/mol. The van der Waals surface area contributed by atoms with Crippen molar-refractivity contribution >= 4 is 41.7 Å². The van der Waals surface area contributed by atoms with Crippen molar-refractivity contribution in [2.75, 3.05) is 18.9 Å². The van der Waals surface area contributed by atoms with Gasteiger partial charge in [0, 0.05) is 29.4 Å². The summed E-state index contributed by atoms with van der Waals surface area (Å²) in [6, 6.07) is 15.0. The monoisotopic (exact) mass is 454 g/mol. The summed E-state index contributed by atoms with van der Waals surface area (Å²) in [6.07, 6.45) is 0. The lowest BCUT2D eigenvalue weighted by Crippen LogP contribution is -2.21. The maximum Gasteiger partial charge on any atom is 0.255 e. The molecular formula is C18H20Cl2N6O2S. The van der Waals surface area contributed by atoms with Gasteiger partial charge >= 0.3 is 0 Å². The van der Waals surface area contributed by atoms with E-state index >= 15 is 0 Å². The van der Waals surface area contributed by atoms with E-state index in [4.69, 9.17) is 22.1 Å². The van der Waals surface area contributed by atoms with Gasteiger partial charge in [0.05, 0.1) is 5.69 Å². The van der Waals surface area contributed by atoms with Gasteiger partial charge in [0.15, 0.2) is 6.61 Å². The zero-order chi connectivity index (χ0) is 19.8. The quantitative estimate of drug-likeness (QED) is 0.357. The van der Waals surface area contributed by atoms with E-state index in [1.165, 1.54) is 0 Å². The number of nitrogens with two attached hydrogens (primary N) is 1. The van der Waals surface area contributed by atoms with E-state index in [1.807, 2.05) is 30.3 Å². The molecule has 0 saturated heterocycles. The molecule has 29 heavy (non-hydrogen) atoms. The van der Waals surface area contributed by atoms with Gasteiger partial charge in [-0.3, -0.25) is 4.79 Å². The molecule has 0 atom stereocenters. The smallest absolute Gasteiger partial charge is 0.255 e. The molecule has 1 aromatic heterocycles. The normalized spacial score (nSPS) is 10.4. The Morgan fingerprint density at radius 2 is 2.03 bits per heavy atom. The number of tetrazole rings is 1. The van der Waals surface area contributed by atoms with Crippen molar-refractivity contribution in [1.29, 1.82) is 0 Å². The number of aromatic nitrogens is 4. The molecule has 0 radical (unpaired) electrons. The molecule has 3 rings (SSSR count). The van der Waals surface area contributed by atoms with E-state index in [0.29, 0.717) is 23.9 Å². The standard InChI is InChI=1S/C18H19ClN6O2S.ClH/c19-14-6-7-16(27-12-17(20)26)13(10-14)11-21-8-9-28-18-22-23-24-25(18)15-4-2-1-3-5-15;/h1-7,10,21H,8-9,11-12H2,(H2,20,26);1H. The predicted octanol–water partition coefficient (Wildman–Crippen LogP) is 2.48. The van der Waals surface area contributed by atoms with E-state index in [1.54, 1.807) is 34.6 Å². The van der Waals surface area contributed by atoms with Gasteiger partial charge in [-0.05, 0) is 40.8 Å². The fraction of sp³-hybridized carbons (Fsp3) is 0.222. The molecule has 0 saturated carbocycles. The lowest BCUT2D eigenvalue weighted by atomic mass is 10.2. The number of para-hydroxylation sites is 1. The van der Waals surface area contributed by atoms with Gasteiger partial charge in [-0.15, -0.1) is 17.5 Å². The molecule has 2 aromatic carbocycles. The second-order valence-electron chi connectivity index (χ2n) is 5.74. The number of thioether (sulfide) groups is 1. The van der Waals surface area contributed by atoms with Gasteiger partial charge in [0.1, 0.15) is 5.75 Å². The largest absolute Gasteiger partial charge is 0.483 e. The van der Waals surface area contributed by atoms with Crippen LogP contribution in [0.4, 0.5) is 0 Å². The van der Waals surface area contributed by atoms with Gasteiger partial charge in [-0.2, -0.15) is 4.68 Å². The number of hydrogen-bond acceptors (Lipinski definition) is 7. The van der Waals surface area contributed by atoms with Crippen LogP contribution in [0.3, 0.4) is 0 Å². The van der Waals surface area contributed by atoms with Gasteiger partial charge in [0.25, 0.3) is 5.91 Å². The average Bonchev–Trinajstić information content (AvgIpc) is 3.16. The maximum absolute atomic E-state index is 10.9. The number of rotatable bonds is 10. The minimum absolute atomic E-state index is 0. The number of amides is 1. The van der Waals surface area contributed by atoms with Gasteiger partial charge in [-0.1, -0.05) is 41.6 Å². The van der Waals surface area contributed by atoms with E-state index in [9.17, 15) is 4.79 Å². The van der Waals surface area contributed by atoms with Crippen molar-refractivity contribution in [1.82, 2.24) is 25.5 Å².